The van der Waals surface area contributed by atoms with E-state index in [-0.39, 0.29) is 18.3 Å². The molecule has 8 heteroatoms. The molecule has 0 saturated carbocycles. The van der Waals surface area contributed by atoms with Gasteiger partial charge in [-0.1, -0.05) is 0 Å². The highest BCUT2D eigenvalue weighted by molar-refractivity contribution is 5.84. The number of nitrogens with one attached hydrogen (secondary N) is 2. The smallest absolute Gasteiger partial charge is 0.371 e. The third-order valence-corrected chi connectivity index (χ3v) is 2.85. The maximum Gasteiger partial charge on any atom is 0.371 e. The van der Waals surface area contributed by atoms with Crippen LogP contribution in [0.25, 0.3) is 0 Å². The van der Waals surface area contributed by atoms with Gasteiger partial charge in [0.1, 0.15) is 11.6 Å². The van der Waals surface area contributed by atoms with E-state index in [0.717, 1.165) is 5.82 Å². The molecule has 0 saturated heterocycles. The van der Waals surface area contributed by atoms with Crippen LogP contribution in [-0.2, 0) is 20.0 Å². The number of aromatic carboxylic acids is 1. The number of rotatable bonds is 6. The third-order valence-electron chi connectivity index (χ3n) is 2.85. The summed E-state index contributed by atoms with van der Waals surface area (Å²) in [6.45, 7) is 0.580. The molecule has 2 aromatic heterocycles. The van der Waals surface area contributed by atoms with Gasteiger partial charge in [-0.3, -0.25) is 0 Å². The fraction of sp³-hybridized carbons (Fsp3) is 0.308. The Bertz CT molecular complexity index is 632. The summed E-state index contributed by atoms with van der Waals surface area (Å²) in [5, 5.41) is 14.0. The molecule has 21 heavy (non-hydrogen) atoms. The van der Waals surface area contributed by atoms with Crippen LogP contribution >= 0.6 is 0 Å². The fourth-order valence-electron chi connectivity index (χ4n) is 1.74. The average Bonchev–Trinajstić information content (AvgIpc) is 3.06. The van der Waals surface area contributed by atoms with Crippen LogP contribution in [0.3, 0.4) is 0 Å². The van der Waals surface area contributed by atoms with Crippen molar-refractivity contribution in [3.8, 4) is 0 Å². The number of aromatic nitrogens is 2. The topological polar surface area (TPSA) is 109 Å². The summed E-state index contributed by atoms with van der Waals surface area (Å²) in [5.74, 6) is -0.0261. The Morgan fingerprint density at radius 2 is 2.19 bits per heavy atom. The van der Waals surface area contributed by atoms with E-state index in [9.17, 15) is 9.59 Å². The standard InChI is InChI=1S/C13H16N4O4/c1-17-7-6-14-11(17)4-5-15-13(20)16-8-9-2-3-10(21-9)12(18)19/h2-3,6-7H,4-5,8H2,1H3,(H,18,19)(H2,15,16,20). The summed E-state index contributed by atoms with van der Waals surface area (Å²) in [5.41, 5.74) is 0. The van der Waals surface area contributed by atoms with Crippen molar-refractivity contribution in [2.75, 3.05) is 6.54 Å². The van der Waals surface area contributed by atoms with Crippen molar-refractivity contribution in [1.82, 2.24) is 20.2 Å². The zero-order valence-electron chi connectivity index (χ0n) is 11.5. The predicted octanol–water partition coefficient (Wildman–Crippen LogP) is 0.753. The van der Waals surface area contributed by atoms with Crippen molar-refractivity contribution < 1.29 is 19.1 Å². The number of carboxylic acids is 1. The van der Waals surface area contributed by atoms with Crippen molar-refractivity contribution in [2.24, 2.45) is 7.05 Å². The van der Waals surface area contributed by atoms with Crippen LogP contribution in [-0.4, -0.2) is 33.2 Å². The second-order valence-corrected chi connectivity index (χ2v) is 4.38. The van der Waals surface area contributed by atoms with E-state index in [1.807, 2.05) is 17.8 Å². The van der Waals surface area contributed by atoms with Crippen molar-refractivity contribution >= 4 is 12.0 Å². The Kier molecular flexibility index (Phi) is 4.60. The first-order chi connectivity index (χ1) is 10.1. The number of imidazole rings is 1. The Balaban J connectivity index is 1.69. The fourth-order valence-corrected chi connectivity index (χ4v) is 1.74. The molecule has 3 N–H and O–H groups in total. The van der Waals surface area contributed by atoms with Gasteiger partial charge >= 0.3 is 12.0 Å². The predicted molar refractivity (Wildman–Crippen MR) is 72.8 cm³/mol. The monoisotopic (exact) mass is 292 g/mol. The van der Waals surface area contributed by atoms with Crippen LogP contribution in [0, 0.1) is 0 Å². The first-order valence-electron chi connectivity index (χ1n) is 6.36. The van der Waals surface area contributed by atoms with Crippen molar-refractivity contribution in [1.29, 1.82) is 0 Å². The summed E-state index contributed by atoms with van der Waals surface area (Å²) in [7, 11) is 1.89. The molecule has 0 aromatic carbocycles. The van der Waals surface area contributed by atoms with E-state index in [2.05, 4.69) is 15.6 Å². The molecule has 0 unspecified atom stereocenters. The number of carbonyl (C=O) groups is 2. The molecule has 0 aliphatic rings. The number of carboxylic acid groups (broad SMARTS) is 1. The third kappa shape index (κ3) is 4.10. The van der Waals surface area contributed by atoms with Gasteiger partial charge in [0.05, 0.1) is 6.54 Å². The molecule has 2 amide bonds. The molecule has 0 aliphatic carbocycles. The van der Waals surface area contributed by atoms with Gasteiger partial charge in [-0.15, -0.1) is 0 Å². The van der Waals surface area contributed by atoms with Gasteiger partial charge in [0.2, 0.25) is 5.76 Å². The van der Waals surface area contributed by atoms with E-state index in [1.54, 1.807) is 6.20 Å². The quantitative estimate of drug-likeness (QED) is 0.728. The number of furan rings is 1. The second kappa shape index (κ2) is 6.60. The zero-order valence-corrected chi connectivity index (χ0v) is 11.5. The lowest BCUT2D eigenvalue weighted by atomic mass is 10.4. The van der Waals surface area contributed by atoms with Crippen molar-refractivity contribution in [2.45, 2.75) is 13.0 Å². The molecular formula is C13H16N4O4. The summed E-state index contributed by atoms with van der Waals surface area (Å²) >= 11 is 0. The molecule has 0 bridgehead atoms. The molecular weight excluding hydrogens is 276 g/mol. The minimum Gasteiger partial charge on any atom is -0.475 e. The Labute approximate surface area is 120 Å². The molecule has 0 aliphatic heterocycles. The number of aryl methyl sites for hydroxylation is 1. The molecule has 112 valence electrons. The van der Waals surface area contributed by atoms with Gasteiger partial charge in [-0.25, -0.2) is 14.6 Å². The number of nitrogens with zero attached hydrogens (tertiary/aromatic N) is 2. The van der Waals surface area contributed by atoms with Gasteiger partial charge < -0.3 is 24.7 Å². The lowest BCUT2D eigenvalue weighted by molar-refractivity contribution is 0.0660. The van der Waals surface area contributed by atoms with E-state index in [4.69, 9.17) is 9.52 Å². The van der Waals surface area contributed by atoms with Gasteiger partial charge in [-0.2, -0.15) is 0 Å². The normalized spacial score (nSPS) is 10.3. The van der Waals surface area contributed by atoms with E-state index < -0.39 is 5.97 Å². The van der Waals surface area contributed by atoms with Crippen LogP contribution in [0.2, 0.25) is 0 Å². The average molecular weight is 292 g/mol. The Morgan fingerprint density at radius 1 is 1.38 bits per heavy atom. The van der Waals surface area contributed by atoms with Gasteiger partial charge in [0.15, 0.2) is 0 Å². The first kappa shape index (κ1) is 14.6. The number of hydrogen-bond donors (Lipinski definition) is 3. The molecule has 2 rings (SSSR count). The minimum absolute atomic E-state index is 0.127. The van der Waals surface area contributed by atoms with Crippen LogP contribution in [0.1, 0.15) is 22.1 Å². The highest BCUT2D eigenvalue weighted by atomic mass is 16.4. The van der Waals surface area contributed by atoms with E-state index in [1.165, 1.54) is 12.1 Å². The lowest BCUT2D eigenvalue weighted by Crippen LogP contribution is -2.36. The van der Waals surface area contributed by atoms with Gasteiger partial charge in [0, 0.05) is 32.4 Å². The molecule has 2 heterocycles. The summed E-state index contributed by atoms with van der Waals surface area (Å²) in [6, 6.07) is 2.51. The van der Waals surface area contributed by atoms with Crippen LogP contribution in [0.15, 0.2) is 28.9 Å². The maximum absolute atomic E-state index is 11.6. The molecule has 8 nitrogen and oxygen atoms in total. The highest BCUT2D eigenvalue weighted by Crippen LogP contribution is 2.07. The SMILES string of the molecule is Cn1ccnc1CCNC(=O)NCc1ccc(C(=O)O)o1. The van der Waals surface area contributed by atoms with E-state index in [0.29, 0.717) is 18.7 Å². The molecule has 0 fully saturated rings. The lowest BCUT2D eigenvalue weighted by Gasteiger charge is -2.06. The van der Waals surface area contributed by atoms with Crippen LogP contribution in [0.5, 0.6) is 0 Å². The number of amides is 2. The largest absolute Gasteiger partial charge is 0.475 e. The molecule has 0 spiro atoms. The zero-order chi connectivity index (χ0) is 15.2. The number of hydrogen-bond acceptors (Lipinski definition) is 4. The first-order valence-corrected chi connectivity index (χ1v) is 6.36. The van der Waals surface area contributed by atoms with Gasteiger partial charge in [0.25, 0.3) is 0 Å². The van der Waals surface area contributed by atoms with Crippen LogP contribution < -0.4 is 10.6 Å². The summed E-state index contributed by atoms with van der Waals surface area (Å²) in [6.07, 6.45) is 4.17. The van der Waals surface area contributed by atoms with Gasteiger partial charge in [-0.05, 0) is 12.1 Å². The second-order valence-electron chi connectivity index (χ2n) is 4.38. The Hall–Kier alpha value is -2.77. The number of carbonyl (C=O) groups excluding carboxylic acids is 1. The van der Waals surface area contributed by atoms with Crippen molar-refractivity contribution in [3.05, 3.63) is 41.9 Å². The maximum atomic E-state index is 11.6. The number of urea groups is 1. The summed E-state index contributed by atoms with van der Waals surface area (Å²) in [4.78, 5) is 26.3. The highest BCUT2D eigenvalue weighted by Gasteiger charge is 2.09. The van der Waals surface area contributed by atoms with E-state index >= 15 is 0 Å². The minimum atomic E-state index is -1.14. The Morgan fingerprint density at radius 3 is 2.81 bits per heavy atom. The molecule has 0 radical (unpaired) electrons. The van der Waals surface area contributed by atoms with Crippen molar-refractivity contribution in [3.63, 3.8) is 0 Å². The summed E-state index contributed by atoms with van der Waals surface area (Å²) < 4.78 is 6.90. The van der Waals surface area contributed by atoms with Crippen LogP contribution in [0.4, 0.5) is 4.79 Å². The molecule has 0 atom stereocenters. The molecule has 2 aromatic rings.